The van der Waals surface area contributed by atoms with Crippen LogP contribution in [0, 0.1) is 0 Å². The molecule has 0 fully saturated rings. The number of imidazole rings is 1. The van der Waals surface area contributed by atoms with Crippen molar-refractivity contribution in [2.24, 2.45) is 0 Å². The molecule has 0 unspecified atom stereocenters. The SMILES string of the molecule is CCNc1ncnc(N2CCn3ccnc3C2)c1OC. The van der Waals surface area contributed by atoms with E-state index in [1.54, 1.807) is 13.4 Å². The minimum Gasteiger partial charge on any atom is -0.490 e. The van der Waals surface area contributed by atoms with Crippen LogP contribution >= 0.6 is 0 Å². The molecule has 1 N–H and O–H groups in total. The van der Waals surface area contributed by atoms with Crippen LogP contribution in [0.1, 0.15) is 12.7 Å². The van der Waals surface area contributed by atoms with Crippen molar-refractivity contribution in [3.05, 3.63) is 24.5 Å². The predicted octanol–water partition coefficient (Wildman–Crippen LogP) is 1.13. The van der Waals surface area contributed by atoms with Crippen molar-refractivity contribution in [2.75, 3.05) is 30.4 Å². The third-order valence-corrected chi connectivity index (χ3v) is 3.38. The van der Waals surface area contributed by atoms with E-state index in [0.717, 1.165) is 43.6 Å². The first-order chi connectivity index (χ1) is 9.83. The van der Waals surface area contributed by atoms with Gasteiger partial charge < -0.3 is 19.5 Å². The minimum atomic E-state index is 0.689. The first kappa shape index (κ1) is 12.7. The van der Waals surface area contributed by atoms with E-state index < -0.39 is 0 Å². The van der Waals surface area contributed by atoms with Crippen LogP contribution in [0.15, 0.2) is 18.7 Å². The summed E-state index contributed by atoms with van der Waals surface area (Å²) >= 11 is 0. The third kappa shape index (κ3) is 2.15. The molecule has 3 rings (SSSR count). The molecular formula is C13H18N6O. The molecule has 0 amide bonds. The van der Waals surface area contributed by atoms with Gasteiger partial charge in [-0.15, -0.1) is 0 Å². The fourth-order valence-electron chi connectivity index (χ4n) is 2.43. The van der Waals surface area contributed by atoms with Gasteiger partial charge in [0.15, 0.2) is 11.6 Å². The largest absolute Gasteiger partial charge is 0.490 e. The second kappa shape index (κ2) is 5.36. The maximum absolute atomic E-state index is 5.50. The second-order valence-corrected chi connectivity index (χ2v) is 4.57. The van der Waals surface area contributed by atoms with Gasteiger partial charge in [0, 0.05) is 32.0 Å². The van der Waals surface area contributed by atoms with Gasteiger partial charge in [-0.3, -0.25) is 0 Å². The normalized spacial score (nSPS) is 14.0. The molecule has 0 aliphatic carbocycles. The van der Waals surface area contributed by atoms with Crippen molar-refractivity contribution >= 4 is 11.6 Å². The number of fused-ring (bicyclic) bond motifs is 1. The highest BCUT2D eigenvalue weighted by Gasteiger charge is 2.22. The van der Waals surface area contributed by atoms with Crippen LogP contribution in [-0.2, 0) is 13.1 Å². The lowest BCUT2D eigenvalue weighted by Gasteiger charge is -2.29. The maximum Gasteiger partial charge on any atom is 0.204 e. The minimum absolute atomic E-state index is 0.689. The number of hydrogen-bond donors (Lipinski definition) is 1. The summed E-state index contributed by atoms with van der Waals surface area (Å²) in [6.07, 6.45) is 5.41. The van der Waals surface area contributed by atoms with Gasteiger partial charge in [0.05, 0.1) is 13.7 Å². The van der Waals surface area contributed by atoms with Crippen molar-refractivity contribution < 1.29 is 4.74 Å². The van der Waals surface area contributed by atoms with E-state index in [-0.39, 0.29) is 0 Å². The van der Waals surface area contributed by atoms with Crippen LogP contribution in [0.25, 0.3) is 0 Å². The average Bonchev–Trinajstić information content (AvgIpc) is 2.94. The molecule has 0 aromatic carbocycles. The lowest BCUT2D eigenvalue weighted by molar-refractivity contribution is 0.409. The molecule has 7 heteroatoms. The fourth-order valence-corrected chi connectivity index (χ4v) is 2.43. The lowest BCUT2D eigenvalue weighted by Crippen LogP contribution is -2.34. The molecule has 106 valence electrons. The molecule has 20 heavy (non-hydrogen) atoms. The number of nitrogens with zero attached hydrogens (tertiary/aromatic N) is 5. The van der Waals surface area contributed by atoms with Crippen molar-refractivity contribution in [1.82, 2.24) is 19.5 Å². The Morgan fingerprint density at radius 2 is 2.20 bits per heavy atom. The van der Waals surface area contributed by atoms with E-state index in [0.29, 0.717) is 5.75 Å². The quantitative estimate of drug-likeness (QED) is 0.901. The van der Waals surface area contributed by atoms with Gasteiger partial charge in [0.25, 0.3) is 0 Å². The van der Waals surface area contributed by atoms with Gasteiger partial charge in [0.1, 0.15) is 12.2 Å². The molecule has 0 atom stereocenters. The average molecular weight is 274 g/mol. The van der Waals surface area contributed by atoms with E-state index >= 15 is 0 Å². The Labute approximate surface area is 117 Å². The fraction of sp³-hybridized carbons (Fsp3) is 0.462. The van der Waals surface area contributed by atoms with Crippen LogP contribution in [0.2, 0.25) is 0 Å². The summed E-state index contributed by atoms with van der Waals surface area (Å²) in [4.78, 5) is 15.2. The first-order valence-corrected chi connectivity index (χ1v) is 6.71. The maximum atomic E-state index is 5.50. The van der Waals surface area contributed by atoms with E-state index in [2.05, 4.69) is 29.7 Å². The van der Waals surface area contributed by atoms with Crippen LogP contribution in [0.4, 0.5) is 11.6 Å². The highest BCUT2D eigenvalue weighted by Crippen LogP contribution is 2.33. The number of anilines is 2. The standard InChI is InChI=1S/C13H18N6O/c1-3-14-12-11(20-2)13(17-9-16-12)19-7-6-18-5-4-15-10(18)8-19/h4-5,9H,3,6-8H2,1-2H3,(H,14,16,17). The van der Waals surface area contributed by atoms with Gasteiger partial charge in [-0.2, -0.15) is 0 Å². The molecule has 2 aromatic heterocycles. The summed E-state index contributed by atoms with van der Waals surface area (Å²) in [6, 6.07) is 0. The zero-order chi connectivity index (χ0) is 13.9. The van der Waals surface area contributed by atoms with Crippen molar-refractivity contribution in [3.63, 3.8) is 0 Å². The molecule has 7 nitrogen and oxygen atoms in total. The predicted molar refractivity (Wildman–Crippen MR) is 76.0 cm³/mol. The lowest BCUT2D eigenvalue weighted by atomic mass is 10.3. The number of ether oxygens (including phenoxy) is 1. The molecule has 2 aromatic rings. The smallest absolute Gasteiger partial charge is 0.204 e. The van der Waals surface area contributed by atoms with Gasteiger partial charge in [-0.25, -0.2) is 15.0 Å². The Morgan fingerprint density at radius 1 is 1.30 bits per heavy atom. The molecule has 3 heterocycles. The summed E-state index contributed by atoms with van der Waals surface area (Å²) in [6.45, 7) is 5.32. The Bertz CT molecular complexity index is 596. The van der Waals surface area contributed by atoms with Crippen LogP contribution < -0.4 is 15.0 Å². The molecular weight excluding hydrogens is 256 g/mol. The molecule has 0 saturated heterocycles. The monoisotopic (exact) mass is 274 g/mol. The van der Waals surface area contributed by atoms with Crippen molar-refractivity contribution in [3.8, 4) is 5.75 Å². The van der Waals surface area contributed by atoms with Crippen molar-refractivity contribution in [2.45, 2.75) is 20.0 Å². The van der Waals surface area contributed by atoms with Gasteiger partial charge in [-0.05, 0) is 6.92 Å². The highest BCUT2D eigenvalue weighted by molar-refractivity contribution is 5.64. The number of hydrogen-bond acceptors (Lipinski definition) is 6. The second-order valence-electron chi connectivity index (χ2n) is 4.57. The summed E-state index contributed by atoms with van der Waals surface area (Å²) in [5, 5.41) is 3.20. The Kier molecular flexibility index (Phi) is 3.41. The summed E-state index contributed by atoms with van der Waals surface area (Å²) < 4.78 is 7.66. The van der Waals surface area contributed by atoms with Gasteiger partial charge in [-0.1, -0.05) is 0 Å². The zero-order valence-corrected chi connectivity index (χ0v) is 11.7. The van der Waals surface area contributed by atoms with Crippen LogP contribution in [0.3, 0.4) is 0 Å². The third-order valence-electron chi connectivity index (χ3n) is 3.38. The van der Waals surface area contributed by atoms with E-state index in [4.69, 9.17) is 4.74 Å². The molecule has 1 aliphatic rings. The Balaban J connectivity index is 1.92. The van der Waals surface area contributed by atoms with Crippen LogP contribution in [-0.4, -0.2) is 39.7 Å². The molecule has 0 saturated carbocycles. The molecule has 0 spiro atoms. The van der Waals surface area contributed by atoms with Gasteiger partial charge in [0.2, 0.25) is 5.75 Å². The van der Waals surface area contributed by atoms with Crippen LogP contribution in [0.5, 0.6) is 5.75 Å². The van der Waals surface area contributed by atoms with E-state index in [1.165, 1.54) is 0 Å². The number of aromatic nitrogens is 4. The van der Waals surface area contributed by atoms with Crippen molar-refractivity contribution in [1.29, 1.82) is 0 Å². The number of nitrogens with one attached hydrogen (secondary N) is 1. The molecule has 0 bridgehead atoms. The Hall–Kier alpha value is -2.31. The zero-order valence-electron chi connectivity index (χ0n) is 11.7. The summed E-state index contributed by atoms with van der Waals surface area (Å²) in [5.74, 6) is 3.28. The Morgan fingerprint density at radius 3 is 3.00 bits per heavy atom. The topological polar surface area (TPSA) is 68.1 Å². The number of rotatable bonds is 4. The summed E-state index contributed by atoms with van der Waals surface area (Å²) in [7, 11) is 1.65. The summed E-state index contributed by atoms with van der Waals surface area (Å²) in [5.41, 5.74) is 0. The van der Waals surface area contributed by atoms with E-state index in [1.807, 2.05) is 19.3 Å². The number of methoxy groups -OCH3 is 1. The van der Waals surface area contributed by atoms with E-state index in [9.17, 15) is 0 Å². The molecule has 0 radical (unpaired) electrons. The highest BCUT2D eigenvalue weighted by atomic mass is 16.5. The first-order valence-electron chi connectivity index (χ1n) is 6.71. The molecule has 1 aliphatic heterocycles. The van der Waals surface area contributed by atoms with Gasteiger partial charge >= 0.3 is 0 Å².